The van der Waals surface area contributed by atoms with Gasteiger partial charge in [-0.1, -0.05) is 18.2 Å². The van der Waals surface area contributed by atoms with Crippen LogP contribution in [0.25, 0.3) is 11.3 Å². The number of rotatable bonds is 6. The van der Waals surface area contributed by atoms with E-state index in [1.807, 2.05) is 18.2 Å². The number of carbonyl (C=O) groups excluding carboxylic acids is 1. The van der Waals surface area contributed by atoms with Crippen molar-refractivity contribution in [3.63, 3.8) is 0 Å². The van der Waals surface area contributed by atoms with Crippen LogP contribution in [0.15, 0.2) is 61.3 Å². The summed E-state index contributed by atoms with van der Waals surface area (Å²) >= 11 is 6.40. The van der Waals surface area contributed by atoms with Crippen LogP contribution in [-0.2, 0) is 9.53 Å². The van der Waals surface area contributed by atoms with Gasteiger partial charge in [-0.15, -0.1) is 0 Å². The van der Waals surface area contributed by atoms with Crippen molar-refractivity contribution in [1.29, 1.82) is 0 Å². The molecule has 2 heterocycles. The summed E-state index contributed by atoms with van der Waals surface area (Å²) in [5, 5.41) is 6.39. The Labute approximate surface area is 189 Å². The summed E-state index contributed by atoms with van der Waals surface area (Å²) in [4.78, 5) is 22.5. The lowest BCUT2D eigenvalue weighted by atomic mass is 10.1. The molecule has 1 saturated heterocycles. The highest BCUT2D eigenvalue weighted by molar-refractivity contribution is 6.33. The summed E-state index contributed by atoms with van der Waals surface area (Å²) in [6.07, 6.45) is 2.70. The molecule has 1 fully saturated rings. The van der Waals surface area contributed by atoms with Gasteiger partial charge in [-0.3, -0.25) is 4.79 Å². The van der Waals surface area contributed by atoms with Gasteiger partial charge >= 0.3 is 0 Å². The molecule has 1 aliphatic heterocycles. The number of nitrogens with one attached hydrogen (secondary N) is 2. The predicted molar refractivity (Wildman–Crippen MR) is 124 cm³/mol. The van der Waals surface area contributed by atoms with Crippen LogP contribution < -0.4 is 15.5 Å². The van der Waals surface area contributed by atoms with Crippen LogP contribution in [0.5, 0.6) is 0 Å². The number of ether oxygens (including phenoxy) is 1. The minimum absolute atomic E-state index is 0.311. The standard InChI is InChI=1S/C23H21ClFN5O2/c1-2-22(31)27-18-12-15(11-16(25)13-18)20-5-6-26-23(29-20)28-17-3-4-19(24)21(14-17)30-7-9-32-10-8-30/h2-6,11-14H,1,7-10H2,(H,27,31)(H,26,28,29). The normalized spacial score (nSPS) is 13.5. The van der Waals surface area contributed by atoms with Crippen LogP contribution in [0, 0.1) is 5.82 Å². The Kier molecular flexibility index (Phi) is 6.63. The van der Waals surface area contributed by atoms with Gasteiger partial charge in [-0.25, -0.2) is 14.4 Å². The van der Waals surface area contributed by atoms with Crippen LogP contribution >= 0.6 is 11.6 Å². The minimum atomic E-state index is -0.497. The van der Waals surface area contributed by atoms with Gasteiger partial charge in [0.2, 0.25) is 11.9 Å². The molecule has 0 atom stereocenters. The molecule has 1 aromatic heterocycles. The number of aromatic nitrogens is 2. The number of benzene rings is 2. The zero-order valence-corrected chi connectivity index (χ0v) is 17.9. The van der Waals surface area contributed by atoms with E-state index in [2.05, 4.69) is 32.1 Å². The fourth-order valence-electron chi connectivity index (χ4n) is 3.35. The number of morpholine rings is 1. The van der Waals surface area contributed by atoms with Gasteiger partial charge < -0.3 is 20.3 Å². The SMILES string of the molecule is C=CC(=O)Nc1cc(F)cc(-c2ccnc(Nc3ccc(Cl)c(N4CCOCC4)c3)n2)c1. The lowest BCUT2D eigenvalue weighted by Crippen LogP contribution is -2.36. The molecule has 9 heteroatoms. The number of nitrogens with zero attached hydrogens (tertiary/aromatic N) is 3. The minimum Gasteiger partial charge on any atom is -0.378 e. The van der Waals surface area contributed by atoms with Crippen LogP contribution in [0.4, 0.5) is 27.4 Å². The fraction of sp³-hybridized carbons (Fsp3) is 0.174. The molecule has 1 amide bonds. The molecule has 0 radical (unpaired) electrons. The van der Waals surface area contributed by atoms with Crippen LogP contribution in [0.2, 0.25) is 5.02 Å². The predicted octanol–water partition coefficient (Wildman–Crippen LogP) is 4.64. The summed E-state index contributed by atoms with van der Waals surface area (Å²) < 4.78 is 19.5. The Bertz CT molecular complexity index is 1150. The smallest absolute Gasteiger partial charge is 0.247 e. The Morgan fingerprint density at radius 1 is 1.16 bits per heavy atom. The Hall–Kier alpha value is -3.49. The second-order valence-electron chi connectivity index (χ2n) is 7.08. The zero-order valence-electron chi connectivity index (χ0n) is 17.1. The van der Waals surface area contributed by atoms with E-state index in [9.17, 15) is 9.18 Å². The fourth-order valence-corrected chi connectivity index (χ4v) is 3.59. The average molecular weight is 454 g/mol. The first-order valence-electron chi connectivity index (χ1n) is 9.98. The number of carbonyl (C=O) groups is 1. The van der Waals surface area contributed by atoms with Crippen LogP contribution in [-0.4, -0.2) is 42.2 Å². The van der Waals surface area contributed by atoms with Gasteiger partial charge in [-0.05, 0) is 48.5 Å². The van der Waals surface area contributed by atoms with Gasteiger partial charge in [0, 0.05) is 36.2 Å². The average Bonchev–Trinajstić information content (AvgIpc) is 2.80. The third kappa shape index (κ3) is 5.22. The largest absolute Gasteiger partial charge is 0.378 e. The molecule has 164 valence electrons. The molecule has 1 aliphatic rings. The molecule has 0 aliphatic carbocycles. The van der Waals surface area contributed by atoms with Crippen molar-refractivity contribution in [3.05, 3.63) is 72.2 Å². The zero-order chi connectivity index (χ0) is 22.5. The van der Waals surface area contributed by atoms with Crippen molar-refractivity contribution < 1.29 is 13.9 Å². The lowest BCUT2D eigenvalue weighted by molar-refractivity contribution is -0.111. The molecule has 4 rings (SSSR count). The lowest BCUT2D eigenvalue weighted by Gasteiger charge is -2.29. The number of halogens is 2. The van der Waals surface area contributed by atoms with E-state index in [1.54, 1.807) is 18.3 Å². The van der Waals surface area contributed by atoms with Crippen molar-refractivity contribution in [3.8, 4) is 11.3 Å². The van der Waals surface area contributed by atoms with Crippen LogP contribution in [0.1, 0.15) is 0 Å². The van der Waals surface area contributed by atoms with Crippen molar-refractivity contribution in [2.24, 2.45) is 0 Å². The van der Waals surface area contributed by atoms with Crippen molar-refractivity contribution in [1.82, 2.24) is 9.97 Å². The van der Waals surface area contributed by atoms with Gasteiger partial charge in [0.1, 0.15) is 5.82 Å². The molecule has 0 bridgehead atoms. The summed E-state index contributed by atoms with van der Waals surface area (Å²) in [5.74, 6) is -0.577. The van der Waals surface area contributed by atoms with E-state index in [1.165, 1.54) is 12.1 Å². The van der Waals surface area contributed by atoms with Gasteiger partial charge in [0.15, 0.2) is 0 Å². The molecular formula is C23H21ClFN5O2. The second-order valence-corrected chi connectivity index (χ2v) is 7.49. The highest BCUT2D eigenvalue weighted by Crippen LogP contribution is 2.31. The maximum absolute atomic E-state index is 14.1. The van der Waals surface area contributed by atoms with E-state index in [0.29, 0.717) is 41.1 Å². The summed E-state index contributed by atoms with van der Waals surface area (Å²) in [7, 11) is 0. The Balaban J connectivity index is 1.58. The highest BCUT2D eigenvalue weighted by atomic mass is 35.5. The molecule has 2 aromatic carbocycles. The first-order chi connectivity index (χ1) is 15.5. The van der Waals surface area contributed by atoms with E-state index < -0.39 is 11.7 Å². The van der Waals surface area contributed by atoms with Crippen molar-refractivity contribution in [2.45, 2.75) is 0 Å². The van der Waals surface area contributed by atoms with Gasteiger partial charge in [-0.2, -0.15) is 0 Å². The van der Waals surface area contributed by atoms with Gasteiger partial charge in [0.05, 0.1) is 29.6 Å². The third-order valence-corrected chi connectivity index (χ3v) is 5.18. The maximum atomic E-state index is 14.1. The monoisotopic (exact) mass is 453 g/mol. The van der Waals surface area contributed by atoms with Crippen molar-refractivity contribution in [2.75, 3.05) is 41.8 Å². The van der Waals surface area contributed by atoms with Gasteiger partial charge in [0.25, 0.3) is 0 Å². The number of anilines is 4. The quantitative estimate of drug-likeness (QED) is 0.529. The van der Waals surface area contributed by atoms with E-state index in [0.717, 1.165) is 30.5 Å². The first kappa shape index (κ1) is 21.7. The molecule has 7 nitrogen and oxygen atoms in total. The Morgan fingerprint density at radius 3 is 2.75 bits per heavy atom. The maximum Gasteiger partial charge on any atom is 0.247 e. The Morgan fingerprint density at radius 2 is 1.97 bits per heavy atom. The number of hydrogen-bond acceptors (Lipinski definition) is 6. The molecular weight excluding hydrogens is 433 g/mol. The molecule has 2 N–H and O–H groups in total. The molecule has 0 saturated carbocycles. The highest BCUT2D eigenvalue weighted by Gasteiger charge is 2.15. The van der Waals surface area contributed by atoms with Crippen LogP contribution in [0.3, 0.4) is 0 Å². The van der Waals surface area contributed by atoms with E-state index in [-0.39, 0.29) is 0 Å². The third-order valence-electron chi connectivity index (χ3n) is 4.86. The second kappa shape index (κ2) is 9.76. The van der Waals surface area contributed by atoms with Crippen molar-refractivity contribution >= 4 is 40.5 Å². The number of amides is 1. The molecule has 0 unspecified atom stereocenters. The topological polar surface area (TPSA) is 79.4 Å². The summed E-state index contributed by atoms with van der Waals surface area (Å²) in [6.45, 7) is 6.24. The van der Waals surface area contributed by atoms with E-state index in [4.69, 9.17) is 16.3 Å². The molecule has 3 aromatic rings. The summed E-state index contributed by atoms with van der Waals surface area (Å²) in [6, 6.07) is 11.5. The summed E-state index contributed by atoms with van der Waals surface area (Å²) in [5.41, 5.74) is 2.99. The molecule has 32 heavy (non-hydrogen) atoms. The molecule has 0 spiro atoms. The first-order valence-corrected chi connectivity index (χ1v) is 10.4. The van der Waals surface area contributed by atoms with E-state index >= 15 is 0 Å². The number of hydrogen-bond donors (Lipinski definition) is 2.